The molecule has 0 unspecified atom stereocenters. The summed E-state index contributed by atoms with van der Waals surface area (Å²) in [5, 5.41) is 14.0. The van der Waals surface area contributed by atoms with E-state index in [1.165, 1.54) is 11.6 Å². The van der Waals surface area contributed by atoms with Crippen LogP contribution in [0.15, 0.2) is 72.8 Å². The van der Waals surface area contributed by atoms with E-state index in [1.54, 1.807) is 31.2 Å². The average Bonchev–Trinajstić information content (AvgIpc) is 2.68. The zero-order valence-electron chi connectivity index (χ0n) is 15.0. The molecule has 0 saturated heterocycles. The lowest BCUT2D eigenvalue weighted by Crippen LogP contribution is -2.15. The van der Waals surface area contributed by atoms with Crippen LogP contribution in [0.25, 0.3) is 0 Å². The van der Waals surface area contributed by atoms with Crippen molar-refractivity contribution in [3.8, 4) is 0 Å². The number of carbonyl (C=O) groups is 1. The fraction of sp³-hybridized carbons (Fsp3) is 0.136. The van der Waals surface area contributed by atoms with Gasteiger partial charge in [0.2, 0.25) is 0 Å². The largest absolute Gasteiger partial charge is 0.316 e. The Hall–Kier alpha value is -3.47. The third-order valence-corrected chi connectivity index (χ3v) is 4.39. The van der Waals surface area contributed by atoms with E-state index in [-0.39, 0.29) is 17.3 Å². The Morgan fingerprint density at radius 3 is 2.41 bits per heavy atom. The summed E-state index contributed by atoms with van der Waals surface area (Å²) in [6.07, 6.45) is 1.53. The predicted octanol–water partition coefficient (Wildman–Crippen LogP) is 4.94. The van der Waals surface area contributed by atoms with E-state index in [0.717, 1.165) is 17.5 Å². The summed E-state index contributed by atoms with van der Waals surface area (Å²) in [6.45, 7) is 1.78. The van der Waals surface area contributed by atoms with Gasteiger partial charge in [-0.2, -0.15) is 0 Å². The summed E-state index contributed by atoms with van der Waals surface area (Å²) in [5.74, 6) is -0.342. The number of amides is 1. The molecule has 0 aliphatic carbocycles. The van der Waals surface area contributed by atoms with E-state index in [0.29, 0.717) is 12.0 Å². The van der Waals surface area contributed by atoms with Gasteiger partial charge in [-0.1, -0.05) is 54.6 Å². The standard InChI is InChI=1S/C22H20N2O3/c1-16-11-14-20(21(15-16)24(26)27)23-22(25)19-10-6-5-9-18(19)13-12-17-7-3-2-4-8-17/h2-11,14-15H,12-13H2,1H3,(H,23,25). The number of nitro groups is 1. The summed E-state index contributed by atoms with van der Waals surface area (Å²) in [7, 11) is 0. The third-order valence-electron chi connectivity index (χ3n) is 4.39. The molecule has 0 heterocycles. The van der Waals surface area contributed by atoms with Crippen molar-refractivity contribution < 1.29 is 9.72 Å². The summed E-state index contributed by atoms with van der Waals surface area (Å²) < 4.78 is 0. The van der Waals surface area contributed by atoms with Gasteiger partial charge in [0.05, 0.1) is 4.92 Å². The second kappa shape index (κ2) is 8.27. The van der Waals surface area contributed by atoms with Crippen LogP contribution in [-0.4, -0.2) is 10.8 Å². The van der Waals surface area contributed by atoms with Gasteiger partial charge in [-0.25, -0.2) is 0 Å². The van der Waals surface area contributed by atoms with Crippen LogP contribution < -0.4 is 5.32 Å². The van der Waals surface area contributed by atoms with E-state index >= 15 is 0 Å². The van der Waals surface area contributed by atoms with Crippen LogP contribution in [0.3, 0.4) is 0 Å². The molecule has 136 valence electrons. The van der Waals surface area contributed by atoms with Crippen molar-refractivity contribution in [2.24, 2.45) is 0 Å². The minimum atomic E-state index is -0.482. The SMILES string of the molecule is Cc1ccc(NC(=O)c2ccccc2CCc2ccccc2)c([N+](=O)[O-])c1. The first kappa shape index (κ1) is 18.3. The lowest BCUT2D eigenvalue weighted by atomic mass is 9.99. The molecule has 1 amide bonds. The topological polar surface area (TPSA) is 72.2 Å². The lowest BCUT2D eigenvalue weighted by Gasteiger charge is -2.11. The molecule has 3 rings (SSSR count). The number of rotatable bonds is 6. The van der Waals surface area contributed by atoms with Crippen molar-refractivity contribution >= 4 is 17.3 Å². The fourth-order valence-electron chi connectivity index (χ4n) is 2.97. The molecule has 5 nitrogen and oxygen atoms in total. The van der Waals surface area contributed by atoms with Crippen molar-refractivity contribution in [3.05, 3.63) is 105 Å². The smallest absolute Gasteiger partial charge is 0.293 e. The van der Waals surface area contributed by atoms with E-state index < -0.39 is 4.92 Å². The van der Waals surface area contributed by atoms with Crippen molar-refractivity contribution in [1.29, 1.82) is 0 Å². The first-order valence-electron chi connectivity index (χ1n) is 8.73. The molecule has 0 aliphatic heterocycles. The molecular weight excluding hydrogens is 340 g/mol. The maximum Gasteiger partial charge on any atom is 0.293 e. The number of nitro benzene ring substituents is 1. The van der Waals surface area contributed by atoms with E-state index in [4.69, 9.17) is 0 Å². The molecule has 1 N–H and O–H groups in total. The second-order valence-corrected chi connectivity index (χ2v) is 6.37. The van der Waals surface area contributed by atoms with Crippen molar-refractivity contribution in [2.45, 2.75) is 19.8 Å². The minimum absolute atomic E-state index is 0.106. The van der Waals surface area contributed by atoms with Crippen LogP contribution >= 0.6 is 0 Å². The van der Waals surface area contributed by atoms with Gasteiger partial charge >= 0.3 is 0 Å². The molecule has 5 heteroatoms. The molecule has 0 aliphatic rings. The molecule has 27 heavy (non-hydrogen) atoms. The Kier molecular flexibility index (Phi) is 5.61. The fourth-order valence-corrected chi connectivity index (χ4v) is 2.97. The van der Waals surface area contributed by atoms with Crippen molar-refractivity contribution in [2.75, 3.05) is 5.32 Å². The highest BCUT2D eigenvalue weighted by atomic mass is 16.6. The number of nitrogens with zero attached hydrogens (tertiary/aromatic N) is 1. The van der Waals surface area contributed by atoms with Gasteiger partial charge in [0, 0.05) is 11.6 Å². The Morgan fingerprint density at radius 2 is 1.67 bits per heavy atom. The number of benzene rings is 3. The first-order chi connectivity index (χ1) is 13.0. The first-order valence-corrected chi connectivity index (χ1v) is 8.73. The zero-order valence-corrected chi connectivity index (χ0v) is 15.0. The molecule has 0 radical (unpaired) electrons. The van der Waals surface area contributed by atoms with Crippen LogP contribution in [0.4, 0.5) is 11.4 Å². The minimum Gasteiger partial charge on any atom is -0.316 e. The lowest BCUT2D eigenvalue weighted by molar-refractivity contribution is -0.384. The number of nitrogens with one attached hydrogen (secondary N) is 1. The number of hydrogen-bond acceptors (Lipinski definition) is 3. The predicted molar refractivity (Wildman–Crippen MR) is 106 cm³/mol. The Bertz CT molecular complexity index is 968. The maximum absolute atomic E-state index is 12.8. The van der Waals surface area contributed by atoms with E-state index in [2.05, 4.69) is 17.4 Å². The molecule has 3 aromatic carbocycles. The Balaban J connectivity index is 1.81. The highest BCUT2D eigenvalue weighted by molar-refractivity contribution is 6.06. The van der Waals surface area contributed by atoms with E-state index in [9.17, 15) is 14.9 Å². The van der Waals surface area contributed by atoms with Gasteiger partial charge in [0.1, 0.15) is 5.69 Å². The van der Waals surface area contributed by atoms with Gasteiger partial charge in [-0.15, -0.1) is 0 Å². The number of carbonyl (C=O) groups excluding carboxylic acids is 1. The van der Waals surface area contributed by atoms with Gasteiger partial charge in [-0.05, 0) is 48.6 Å². The molecule has 0 aromatic heterocycles. The number of anilines is 1. The summed E-state index contributed by atoms with van der Waals surface area (Å²) in [4.78, 5) is 23.6. The highest BCUT2D eigenvalue weighted by Crippen LogP contribution is 2.26. The molecule has 0 spiro atoms. The molecule has 0 fully saturated rings. The van der Waals surface area contributed by atoms with Gasteiger partial charge in [0.15, 0.2) is 0 Å². The number of hydrogen-bond donors (Lipinski definition) is 1. The highest BCUT2D eigenvalue weighted by Gasteiger charge is 2.18. The normalized spacial score (nSPS) is 10.4. The summed E-state index contributed by atoms with van der Waals surface area (Å²) in [5.41, 5.74) is 3.50. The summed E-state index contributed by atoms with van der Waals surface area (Å²) >= 11 is 0. The van der Waals surface area contributed by atoms with Crippen LogP contribution in [-0.2, 0) is 12.8 Å². The third kappa shape index (κ3) is 4.58. The van der Waals surface area contributed by atoms with Crippen LogP contribution in [0, 0.1) is 17.0 Å². The molecule has 3 aromatic rings. The van der Waals surface area contributed by atoms with Crippen LogP contribution in [0.1, 0.15) is 27.0 Å². The van der Waals surface area contributed by atoms with Gasteiger partial charge in [-0.3, -0.25) is 14.9 Å². The summed E-state index contributed by atoms with van der Waals surface area (Å²) in [6, 6.07) is 22.2. The van der Waals surface area contributed by atoms with Crippen LogP contribution in [0.5, 0.6) is 0 Å². The monoisotopic (exact) mass is 360 g/mol. The quantitative estimate of drug-likeness (QED) is 0.500. The molecular formula is C22H20N2O3. The zero-order chi connectivity index (χ0) is 19.2. The second-order valence-electron chi connectivity index (χ2n) is 6.37. The number of aryl methyl sites for hydroxylation is 3. The maximum atomic E-state index is 12.8. The molecule has 0 bridgehead atoms. The van der Waals surface area contributed by atoms with Gasteiger partial charge < -0.3 is 5.32 Å². The Morgan fingerprint density at radius 1 is 0.963 bits per heavy atom. The average molecular weight is 360 g/mol. The van der Waals surface area contributed by atoms with Crippen molar-refractivity contribution in [1.82, 2.24) is 0 Å². The van der Waals surface area contributed by atoms with Gasteiger partial charge in [0.25, 0.3) is 11.6 Å². The Labute approximate surface area is 157 Å². The molecule has 0 atom stereocenters. The van der Waals surface area contributed by atoms with E-state index in [1.807, 2.05) is 30.3 Å². The van der Waals surface area contributed by atoms with Crippen LogP contribution in [0.2, 0.25) is 0 Å². The molecule has 0 saturated carbocycles. The van der Waals surface area contributed by atoms with Crippen molar-refractivity contribution in [3.63, 3.8) is 0 Å².